The van der Waals surface area contributed by atoms with Gasteiger partial charge in [0.15, 0.2) is 0 Å². The van der Waals surface area contributed by atoms with Crippen molar-refractivity contribution in [3.8, 4) is 0 Å². The van der Waals surface area contributed by atoms with Crippen LogP contribution >= 0.6 is 10.0 Å². The predicted octanol–water partition coefficient (Wildman–Crippen LogP) is -1.05. The van der Waals surface area contributed by atoms with Crippen LogP contribution in [-0.2, 0) is 9.59 Å². The van der Waals surface area contributed by atoms with Crippen molar-refractivity contribution in [2.75, 3.05) is 32.2 Å². The maximum Gasteiger partial charge on any atom is 0.327 e. The van der Waals surface area contributed by atoms with Gasteiger partial charge in [0, 0.05) is 17.8 Å². The number of β-lactam (4-membered cyclic amide) rings is 1. The Bertz CT molecular complexity index is 549. The summed E-state index contributed by atoms with van der Waals surface area (Å²) in [6.07, 6.45) is 0.0287. The van der Waals surface area contributed by atoms with Crippen LogP contribution in [0.2, 0.25) is 0 Å². The van der Waals surface area contributed by atoms with Gasteiger partial charge in [-0.3, -0.25) is 9.59 Å². The lowest BCUT2D eigenvalue weighted by atomic mass is 9.98. The number of nitrogens with zero attached hydrogens (tertiary/aromatic N) is 2. The topological polar surface area (TPSA) is 139 Å². The smallest absolute Gasteiger partial charge is 0.327 e. The van der Waals surface area contributed by atoms with E-state index < -0.39 is 43.3 Å². The van der Waals surface area contributed by atoms with E-state index in [0.29, 0.717) is 0 Å². The zero-order chi connectivity index (χ0) is 18.3. The van der Waals surface area contributed by atoms with Crippen LogP contribution in [0.5, 0.6) is 0 Å². The summed E-state index contributed by atoms with van der Waals surface area (Å²) in [6, 6.07) is -1.18. The Morgan fingerprint density at radius 1 is 1.25 bits per heavy atom. The average molecular weight is 364 g/mol. The summed E-state index contributed by atoms with van der Waals surface area (Å²) in [4.78, 5) is 39.4. The summed E-state index contributed by atoms with van der Waals surface area (Å²) in [5.74, 6) is -2.08. The number of carboxylic acid groups (broad SMARTS) is 1. The highest BCUT2D eigenvalue weighted by atomic mass is 32.3. The first-order chi connectivity index (χ1) is 11.2. The minimum absolute atomic E-state index is 0.0252. The number of aliphatic hydroxyl groups excluding tert-OH is 3. The maximum absolute atomic E-state index is 13.2. The molecule has 0 spiro atoms. The van der Waals surface area contributed by atoms with Gasteiger partial charge in [0.05, 0.1) is 30.9 Å². The fraction of sp³-hybridized carbons (Fsp3) is 0.786. The molecule has 10 heteroatoms. The third-order valence-corrected chi connectivity index (χ3v) is 9.75. The van der Waals surface area contributed by atoms with Crippen LogP contribution < -0.4 is 0 Å². The van der Waals surface area contributed by atoms with Crippen molar-refractivity contribution < 1.29 is 34.8 Å². The first-order valence-corrected chi connectivity index (χ1v) is 9.52. The van der Waals surface area contributed by atoms with E-state index in [0.717, 1.165) is 0 Å². The van der Waals surface area contributed by atoms with Crippen molar-refractivity contribution >= 4 is 27.1 Å². The molecule has 0 aromatic rings. The number of amides is 2. The van der Waals surface area contributed by atoms with Gasteiger partial charge in [-0.15, -0.1) is 10.0 Å². The highest BCUT2D eigenvalue weighted by Gasteiger charge is 2.71. The van der Waals surface area contributed by atoms with Crippen molar-refractivity contribution in [3.63, 3.8) is 0 Å². The van der Waals surface area contributed by atoms with Crippen LogP contribution in [0, 0.1) is 0 Å². The number of hydrogen-bond donors (Lipinski definition) is 4. The molecule has 0 aromatic heterocycles. The molecule has 0 saturated carbocycles. The van der Waals surface area contributed by atoms with Crippen LogP contribution in [0.15, 0.2) is 0 Å². The van der Waals surface area contributed by atoms with Crippen LogP contribution in [0.25, 0.3) is 0 Å². The van der Waals surface area contributed by atoms with E-state index in [2.05, 4.69) is 0 Å². The second kappa shape index (κ2) is 6.51. The molecular formula is C14H24N2O7S. The molecule has 2 saturated heterocycles. The minimum Gasteiger partial charge on any atom is -0.480 e. The lowest BCUT2D eigenvalue weighted by molar-refractivity contribution is -0.157. The summed E-state index contributed by atoms with van der Waals surface area (Å²) in [5, 5.41) is 37.0. The van der Waals surface area contributed by atoms with Gasteiger partial charge in [0.25, 0.3) is 5.24 Å². The molecular weight excluding hydrogens is 340 g/mol. The Morgan fingerprint density at radius 3 is 2.12 bits per heavy atom. The maximum atomic E-state index is 13.2. The molecule has 2 heterocycles. The zero-order valence-electron chi connectivity index (χ0n) is 13.7. The third kappa shape index (κ3) is 2.32. The summed E-state index contributed by atoms with van der Waals surface area (Å²) in [6.45, 7) is 2.50. The molecule has 0 radical (unpaired) electrons. The zero-order valence-corrected chi connectivity index (χ0v) is 14.5. The molecule has 2 rings (SSSR count). The summed E-state index contributed by atoms with van der Waals surface area (Å²) >= 11 is 0. The normalized spacial score (nSPS) is 33.4. The standard InChI is InChI=1S/C14H24N2O7S/c1-14(2)11(12(21)22)16-9(20)7-10(16)24(14,8-19)13(23)15(3-5-17)4-6-18/h10-11,17-19H,3-8H2,1-2H3,(H,21,22)/t10-,11+/m1/s1. The van der Waals surface area contributed by atoms with E-state index in [9.17, 15) is 24.6 Å². The van der Waals surface area contributed by atoms with Crippen LogP contribution in [0.3, 0.4) is 0 Å². The fourth-order valence-electron chi connectivity index (χ4n) is 3.76. The van der Waals surface area contributed by atoms with Gasteiger partial charge in [0.2, 0.25) is 5.91 Å². The third-order valence-electron chi connectivity index (χ3n) is 5.03. The molecule has 138 valence electrons. The first-order valence-electron chi connectivity index (χ1n) is 7.65. The second-order valence-corrected chi connectivity index (χ2v) is 10.2. The van der Waals surface area contributed by atoms with Gasteiger partial charge in [-0.05, 0) is 13.8 Å². The molecule has 0 aromatic carbocycles. The first kappa shape index (κ1) is 19.0. The SMILES string of the molecule is CC1(C)[C@H](C(=O)O)N2C(=O)C[C@H]2S1(CO)C(=O)N(CCO)CCO. The molecule has 9 nitrogen and oxygen atoms in total. The number of aliphatic hydroxyl groups is 3. The molecule has 0 bridgehead atoms. The predicted molar refractivity (Wildman–Crippen MR) is 86.6 cm³/mol. The van der Waals surface area contributed by atoms with Gasteiger partial charge in [-0.2, -0.15) is 0 Å². The van der Waals surface area contributed by atoms with E-state index in [1.165, 1.54) is 9.80 Å². The Kier molecular flexibility index (Phi) is 5.14. The molecule has 4 N–H and O–H groups in total. The number of fused-ring (bicyclic) bond motifs is 1. The highest BCUT2D eigenvalue weighted by Crippen LogP contribution is 2.74. The number of hydrogen-bond acceptors (Lipinski definition) is 6. The summed E-state index contributed by atoms with van der Waals surface area (Å²) in [5.41, 5.74) is 0. The van der Waals surface area contributed by atoms with Crippen molar-refractivity contribution in [2.45, 2.75) is 36.4 Å². The fourth-order valence-corrected chi connectivity index (χ4v) is 8.07. The molecule has 24 heavy (non-hydrogen) atoms. The van der Waals surface area contributed by atoms with Gasteiger partial charge in [0.1, 0.15) is 6.04 Å². The van der Waals surface area contributed by atoms with Crippen LogP contribution in [0.4, 0.5) is 4.79 Å². The largest absolute Gasteiger partial charge is 0.480 e. The van der Waals surface area contributed by atoms with E-state index in [-0.39, 0.29) is 38.6 Å². The van der Waals surface area contributed by atoms with E-state index >= 15 is 0 Å². The van der Waals surface area contributed by atoms with Gasteiger partial charge >= 0.3 is 5.97 Å². The highest BCUT2D eigenvalue weighted by molar-refractivity contribution is 8.46. The Balaban J connectivity index is 2.52. The summed E-state index contributed by atoms with van der Waals surface area (Å²) in [7, 11) is -2.62. The van der Waals surface area contributed by atoms with E-state index in [1.807, 2.05) is 0 Å². The minimum atomic E-state index is -2.62. The molecule has 2 aliphatic heterocycles. The average Bonchev–Trinajstić information content (AvgIpc) is 2.67. The van der Waals surface area contributed by atoms with Crippen molar-refractivity contribution in [2.24, 2.45) is 0 Å². The summed E-state index contributed by atoms with van der Waals surface area (Å²) < 4.78 is -1.13. The number of rotatable bonds is 6. The molecule has 3 atom stereocenters. The van der Waals surface area contributed by atoms with E-state index in [1.54, 1.807) is 13.8 Å². The lowest BCUT2D eigenvalue weighted by Crippen LogP contribution is -2.57. The van der Waals surface area contributed by atoms with Crippen molar-refractivity contribution in [1.82, 2.24) is 9.80 Å². The van der Waals surface area contributed by atoms with Gasteiger partial charge < -0.3 is 30.2 Å². The Hall–Kier alpha value is -1.36. The number of aliphatic carboxylic acids is 1. The Morgan fingerprint density at radius 2 is 1.79 bits per heavy atom. The quantitative estimate of drug-likeness (QED) is 0.441. The molecule has 2 fully saturated rings. The van der Waals surface area contributed by atoms with Crippen LogP contribution in [0.1, 0.15) is 20.3 Å². The van der Waals surface area contributed by atoms with Crippen molar-refractivity contribution in [1.29, 1.82) is 0 Å². The Labute approximate surface area is 141 Å². The lowest BCUT2D eigenvalue weighted by Gasteiger charge is -2.50. The van der Waals surface area contributed by atoms with Gasteiger partial charge in [-0.1, -0.05) is 0 Å². The molecule has 2 aliphatic rings. The number of carboxylic acids is 1. The van der Waals surface area contributed by atoms with Crippen molar-refractivity contribution in [3.05, 3.63) is 0 Å². The van der Waals surface area contributed by atoms with Crippen LogP contribution in [-0.4, -0.2) is 95.7 Å². The molecule has 0 aliphatic carbocycles. The van der Waals surface area contributed by atoms with E-state index in [4.69, 9.17) is 10.2 Å². The molecule has 2 amide bonds. The second-order valence-electron chi connectivity index (χ2n) is 6.43. The van der Waals surface area contributed by atoms with Gasteiger partial charge in [-0.25, -0.2) is 4.79 Å². The number of carbonyl (C=O) groups excluding carboxylic acids is 2. The number of carbonyl (C=O) groups is 3. The molecule has 1 unspecified atom stereocenters. The monoisotopic (exact) mass is 364 g/mol.